The van der Waals surface area contributed by atoms with Gasteiger partial charge < -0.3 is 10.0 Å². The van der Waals surface area contributed by atoms with E-state index in [1.54, 1.807) is 6.07 Å². The molecular formula is C13H19N3O2S. The van der Waals surface area contributed by atoms with Gasteiger partial charge in [-0.2, -0.15) is 11.8 Å². The average molecular weight is 281 g/mol. The van der Waals surface area contributed by atoms with Gasteiger partial charge in [-0.05, 0) is 18.4 Å². The van der Waals surface area contributed by atoms with Crippen LogP contribution in [0.2, 0.25) is 0 Å². The van der Waals surface area contributed by atoms with Crippen LogP contribution in [0, 0.1) is 0 Å². The standard InChI is InChI=1S/C13H19N3O2S/c1-19-9-8-15-4-6-16(7-5-15)13(18)12-3-2-11(17)10-14-12/h2-3,10,17H,4-9H2,1H3. The maximum Gasteiger partial charge on any atom is 0.272 e. The summed E-state index contributed by atoms with van der Waals surface area (Å²) in [6.07, 6.45) is 3.41. The summed E-state index contributed by atoms with van der Waals surface area (Å²) in [5.41, 5.74) is 0.398. The number of amides is 1. The lowest BCUT2D eigenvalue weighted by Crippen LogP contribution is -2.49. The van der Waals surface area contributed by atoms with Gasteiger partial charge in [0.25, 0.3) is 5.91 Å². The highest BCUT2D eigenvalue weighted by molar-refractivity contribution is 7.98. The third kappa shape index (κ3) is 3.84. The normalized spacial score (nSPS) is 16.6. The first-order chi connectivity index (χ1) is 9.20. The molecule has 1 saturated heterocycles. The molecule has 104 valence electrons. The van der Waals surface area contributed by atoms with E-state index in [1.807, 2.05) is 16.7 Å². The molecule has 1 aliphatic rings. The van der Waals surface area contributed by atoms with Crippen LogP contribution < -0.4 is 0 Å². The van der Waals surface area contributed by atoms with Crippen LogP contribution in [0.15, 0.2) is 18.3 Å². The lowest BCUT2D eigenvalue weighted by atomic mass is 10.2. The van der Waals surface area contributed by atoms with Gasteiger partial charge in [0, 0.05) is 38.5 Å². The van der Waals surface area contributed by atoms with Crippen molar-refractivity contribution in [1.82, 2.24) is 14.8 Å². The molecule has 0 spiro atoms. The molecule has 0 radical (unpaired) electrons. The second kappa shape index (κ2) is 6.77. The van der Waals surface area contributed by atoms with Crippen LogP contribution in [0.4, 0.5) is 0 Å². The molecular weight excluding hydrogens is 262 g/mol. The van der Waals surface area contributed by atoms with Crippen molar-refractivity contribution in [1.29, 1.82) is 0 Å². The summed E-state index contributed by atoms with van der Waals surface area (Å²) in [5, 5.41) is 9.17. The lowest BCUT2D eigenvalue weighted by Gasteiger charge is -2.34. The van der Waals surface area contributed by atoms with Crippen LogP contribution in [-0.4, -0.2) is 70.5 Å². The van der Waals surface area contributed by atoms with E-state index in [9.17, 15) is 4.79 Å². The molecule has 1 N–H and O–H groups in total. The summed E-state index contributed by atoms with van der Waals surface area (Å²) in [6.45, 7) is 4.42. The maximum absolute atomic E-state index is 12.2. The van der Waals surface area contributed by atoms with E-state index in [-0.39, 0.29) is 11.7 Å². The molecule has 19 heavy (non-hydrogen) atoms. The van der Waals surface area contributed by atoms with Gasteiger partial charge in [-0.3, -0.25) is 9.69 Å². The number of thioether (sulfide) groups is 1. The summed E-state index contributed by atoms with van der Waals surface area (Å²) < 4.78 is 0. The zero-order valence-electron chi connectivity index (χ0n) is 11.1. The molecule has 0 bridgehead atoms. The van der Waals surface area contributed by atoms with Crippen molar-refractivity contribution in [2.24, 2.45) is 0 Å². The van der Waals surface area contributed by atoms with E-state index in [0.29, 0.717) is 5.69 Å². The Labute approximate surface area is 117 Å². The number of carbonyl (C=O) groups excluding carboxylic acids is 1. The van der Waals surface area contributed by atoms with E-state index >= 15 is 0 Å². The molecule has 0 aliphatic carbocycles. The van der Waals surface area contributed by atoms with Crippen LogP contribution >= 0.6 is 11.8 Å². The number of piperazine rings is 1. The molecule has 2 heterocycles. The van der Waals surface area contributed by atoms with Crippen LogP contribution in [0.3, 0.4) is 0 Å². The zero-order valence-corrected chi connectivity index (χ0v) is 11.9. The van der Waals surface area contributed by atoms with Gasteiger partial charge in [0.05, 0.1) is 6.20 Å². The van der Waals surface area contributed by atoms with E-state index in [4.69, 9.17) is 5.11 Å². The Morgan fingerprint density at radius 1 is 1.37 bits per heavy atom. The van der Waals surface area contributed by atoms with Gasteiger partial charge in [-0.25, -0.2) is 4.98 Å². The Hall–Kier alpha value is -1.27. The van der Waals surface area contributed by atoms with Gasteiger partial charge in [-0.1, -0.05) is 0 Å². The molecule has 6 heteroatoms. The molecule has 1 aromatic heterocycles. The Bertz CT molecular complexity index is 416. The summed E-state index contributed by atoms with van der Waals surface area (Å²) >= 11 is 1.84. The smallest absolute Gasteiger partial charge is 0.272 e. The van der Waals surface area contributed by atoms with Crippen molar-refractivity contribution in [3.63, 3.8) is 0 Å². The lowest BCUT2D eigenvalue weighted by molar-refractivity contribution is 0.0639. The van der Waals surface area contributed by atoms with Crippen LogP contribution in [0.5, 0.6) is 5.75 Å². The van der Waals surface area contributed by atoms with Gasteiger partial charge in [-0.15, -0.1) is 0 Å². The average Bonchev–Trinajstić information content (AvgIpc) is 2.46. The van der Waals surface area contributed by atoms with Crippen molar-refractivity contribution in [2.45, 2.75) is 0 Å². The molecule has 2 rings (SSSR count). The second-order valence-electron chi connectivity index (χ2n) is 4.53. The van der Waals surface area contributed by atoms with Gasteiger partial charge >= 0.3 is 0 Å². The van der Waals surface area contributed by atoms with E-state index in [2.05, 4.69) is 16.1 Å². The Morgan fingerprint density at radius 3 is 2.68 bits per heavy atom. The number of hydrogen-bond donors (Lipinski definition) is 1. The first-order valence-electron chi connectivity index (χ1n) is 6.36. The number of nitrogens with zero attached hydrogens (tertiary/aromatic N) is 3. The van der Waals surface area contributed by atoms with Gasteiger partial charge in [0.2, 0.25) is 0 Å². The molecule has 0 saturated carbocycles. The number of pyridine rings is 1. The molecule has 0 aromatic carbocycles. The molecule has 1 fully saturated rings. The fourth-order valence-electron chi connectivity index (χ4n) is 2.07. The highest BCUT2D eigenvalue weighted by Gasteiger charge is 2.22. The highest BCUT2D eigenvalue weighted by atomic mass is 32.2. The Kier molecular flexibility index (Phi) is 5.04. The fourth-order valence-corrected chi connectivity index (χ4v) is 2.51. The van der Waals surface area contributed by atoms with Crippen molar-refractivity contribution >= 4 is 17.7 Å². The first-order valence-corrected chi connectivity index (χ1v) is 7.75. The van der Waals surface area contributed by atoms with Gasteiger partial charge in [0.1, 0.15) is 11.4 Å². The van der Waals surface area contributed by atoms with Crippen LogP contribution in [-0.2, 0) is 0 Å². The SMILES string of the molecule is CSCCN1CCN(C(=O)c2ccc(O)cn2)CC1. The topological polar surface area (TPSA) is 56.7 Å². The Morgan fingerprint density at radius 2 is 2.11 bits per heavy atom. The Balaban J connectivity index is 1.87. The number of aromatic hydroxyl groups is 1. The third-order valence-electron chi connectivity index (χ3n) is 3.24. The van der Waals surface area contributed by atoms with E-state index < -0.39 is 0 Å². The predicted octanol–water partition coefficient (Wildman–Crippen LogP) is 0.908. The quantitative estimate of drug-likeness (QED) is 0.889. The molecule has 1 amide bonds. The summed E-state index contributed by atoms with van der Waals surface area (Å²) in [7, 11) is 0. The molecule has 0 unspecified atom stereocenters. The minimum atomic E-state index is -0.0514. The van der Waals surface area contributed by atoms with Crippen molar-refractivity contribution in [2.75, 3.05) is 44.7 Å². The van der Waals surface area contributed by atoms with Crippen molar-refractivity contribution in [3.8, 4) is 5.75 Å². The summed E-state index contributed by atoms with van der Waals surface area (Å²) in [6, 6.07) is 3.06. The summed E-state index contributed by atoms with van der Waals surface area (Å²) in [5.74, 6) is 1.16. The number of hydrogen-bond acceptors (Lipinski definition) is 5. The second-order valence-corrected chi connectivity index (χ2v) is 5.51. The first kappa shape index (κ1) is 14.1. The summed E-state index contributed by atoms with van der Waals surface area (Å²) in [4.78, 5) is 20.4. The van der Waals surface area contributed by atoms with E-state index in [0.717, 1.165) is 38.5 Å². The minimum absolute atomic E-state index is 0.0514. The molecule has 1 aliphatic heterocycles. The molecule has 5 nitrogen and oxygen atoms in total. The fraction of sp³-hybridized carbons (Fsp3) is 0.538. The monoisotopic (exact) mass is 281 g/mol. The molecule has 0 atom stereocenters. The van der Waals surface area contributed by atoms with Crippen LogP contribution in [0.25, 0.3) is 0 Å². The highest BCUT2D eigenvalue weighted by Crippen LogP contribution is 2.10. The van der Waals surface area contributed by atoms with Crippen LogP contribution in [0.1, 0.15) is 10.5 Å². The third-order valence-corrected chi connectivity index (χ3v) is 3.83. The number of rotatable bonds is 4. The zero-order chi connectivity index (χ0) is 13.7. The van der Waals surface area contributed by atoms with E-state index in [1.165, 1.54) is 12.3 Å². The maximum atomic E-state index is 12.2. The number of carbonyl (C=O) groups is 1. The minimum Gasteiger partial charge on any atom is -0.506 e. The largest absolute Gasteiger partial charge is 0.506 e. The van der Waals surface area contributed by atoms with Gasteiger partial charge in [0.15, 0.2) is 0 Å². The number of aromatic nitrogens is 1. The van der Waals surface area contributed by atoms with Crippen molar-refractivity contribution < 1.29 is 9.90 Å². The van der Waals surface area contributed by atoms with Crippen molar-refractivity contribution in [3.05, 3.63) is 24.0 Å². The molecule has 1 aromatic rings. The predicted molar refractivity (Wildman–Crippen MR) is 76.6 cm³/mol.